The highest BCUT2D eigenvalue weighted by molar-refractivity contribution is 7.87. The first-order valence-corrected chi connectivity index (χ1v) is 11.5. The summed E-state index contributed by atoms with van der Waals surface area (Å²) in [6, 6.07) is 0. The van der Waals surface area contributed by atoms with E-state index in [-0.39, 0.29) is 18.0 Å². The van der Waals surface area contributed by atoms with E-state index in [0.29, 0.717) is 38.3 Å². The van der Waals surface area contributed by atoms with Crippen molar-refractivity contribution in [3.63, 3.8) is 0 Å². The number of ether oxygens (including phenoxy) is 2. The molecule has 2 rings (SSSR count). The molecule has 0 amide bonds. The second-order valence-corrected chi connectivity index (χ2v) is 8.54. The molecule has 0 N–H and O–H groups in total. The van der Waals surface area contributed by atoms with Gasteiger partial charge in [0.05, 0.1) is 13.2 Å². The van der Waals surface area contributed by atoms with Crippen LogP contribution in [0.5, 0.6) is 0 Å². The second kappa shape index (κ2) is 11.9. The van der Waals surface area contributed by atoms with Gasteiger partial charge in [-0.05, 0) is 18.9 Å². The highest BCUT2D eigenvalue weighted by Crippen LogP contribution is 2.34. The monoisotopic (exact) mass is 444 g/mol. The average Bonchev–Trinajstić information content (AvgIpc) is 3.11. The Hall–Kier alpha value is -1.13. The van der Waals surface area contributed by atoms with Gasteiger partial charge in [0.25, 0.3) is 0 Å². The Balaban J connectivity index is 0.000000321. The highest BCUT2D eigenvalue weighted by atomic mass is 32.2. The van der Waals surface area contributed by atoms with Crippen LogP contribution >= 0.6 is 0 Å². The minimum absolute atomic E-state index is 0.114. The van der Waals surface area contributed by atoms with Crippen molar-refractivity contribution in [1.29, 1.82) is 0 Å². The number of alkyl halides is 3. The van der Waals surface area contributed by atoms with Crippen LogP contribution in [-0.4, -0.2) is 38.7 Å². The molecule has 0 atom stereocenters. The number of carbonyl (C=O) groups excluding carboxylic acids is 1. The second-order valence-electron chi connectivity index (χ2n) is 7.00. The average molecular weight is 445 g/mol. The standard InChI is InChI=1S/C11H19F3O3S.C8H12O3/c1-3-5-6-7-8-9-10(4-2)17-18(15,16)11(12,13)14;9-7-1-3-8(4-2-7)10-5-6-11-8/h9H,3-8H2,1-2H3;1-6H2. The van der Waals surface area contributed by atoms with Crippen LogP contribution in [0.15, 0.2) is 11.8 Å². The fourth-order valence-corrected chi connectivity index (χ4v) is 3.52. The molecule has 0 unspecified atom stereocenters. The SMILES string of the molecule is CCCCCCC=C(CC)OS(=O)(=O)C(F)(F)F.O=C1CCC2(CC1)OCCO2. The molecule has 0 bridgehead atoms. The number of allylic oxidation sites excluding steroid dienone is 2. The molecule has 10 heteroatoms. The van der Waals surface area contributed by atoms with Gasteiger partial charge >= 0.3 is 15.6 Å². The number of rotatable bonds is 8. The van der Waals surface area contributed by atoms with Gasteiger partial charge in [-0.3, -0.25) is 4.79 Å². The van der Waals surface area contributed by atoms with Crippen LogP contribution in [0.2, 0.25) is 0 Å². The third kappa shape index (κ3) is 9.04. The molecule has 2 aliphatic rings. The number of carbonyl (C=O) groups is 1. The lowest BCUT2D eigenvalue weighted by Crippen LogP contribution is -2.35. The van der Waals surface area contributed by atoms with Crippen molar-refractivity contribution in [3.05, 3.63) is 11.8 Å². The van der Waals surface area contributed by atoms with E-state index >= 15 is 0 Å². The van der Waals surface area contributed by atoms with E-state index in [4.69, 9.17) is 9.47 Å². The number of halogens is 3. The maximum absolute atomic E-state index is 12.1. The van der Waals surface area contributed by atoms with Gasteiger partial charge in [0, 0.05) is 32.1 Å². The summed E-state index contributed by atoms with van der Waals surface area (Å²) < 4.78 is 72.7. The molecule has 1 heterocycles. The quantitative estimate of drug-likeness (QED) is 0.227. The van der Waals surface area contributed by atoms with Crippen molar-refractivity contribution in [2.75, 3.05) is 13.2 Å². The Morgan fingerprint density at radius 3 is 2.17 bits per heavy atom. The van der Waals surface area contributed by atoms with E-state index in [1.54, 1.807) is 6.92 Å². The van der Waals surface area contributed by atoms with Gasteiger partial charge in [-0.25, -0.2) is 0 Å². The van der Waals surface area contributed by atoms with E-state index in [0.717, 1.165) is 38.5 Å². The van der Waals surface area contributed by atoms with Crippen LogP contribution in [0.3, 0.4) is 0 Å². The lowest BCUT2D eigenvalue weighted by Gasteiger charge is -2.30. The molecule has 1 aliphatic heterocycles. The summed E-state index contributed by atoms with van der Waals surface area (Å²) in [5.74, 6) is -0.174. The largest absolute Gasteiger partial charge is 0.534 e. The van der Waals surface area contributed by atoms with E-state index in [2.05, 4.69) is 4.18 Å². The molecular weight excluding hydrogens is 413 g/mol. The van der Waals surface area contributed by atoms with Crippen LogP contribution in [-0.2, 0) is 28.6 Å². The Bertz CT molecular complexity index is 625. The van der Waals surface area contributed by atoms with Gasteiger partial charge in [0.2, 0.25) is 0 Å². The highest BCUT2D eigenvalue weighted by Gasteiger charge is 2.48. The molecule has 0 aromatic heterocycles. The summed E-state index contributed by atoms with van der Waals surface area (Å²) >= 11 is 0. The number of hydrogen-bond acceptors (Lipinski definition) is 6. The number of Topliss-reactive ketones (excluding diaryl/α,β-unsaturated/α-hetero) is 1. The van der Waals surface area contributed by atoms with Crippen molar-refractivity contribution >= 4 is 15.9 Å². The molecule has 170 valence electrons. The summed E-state index contributed by atoms with van der Waals surface area (Å²) in [5.41, 5.74) is -5.37. The third-order valence-corrected chi connectivity index (χ3v) is 5.66. The van der Waals surface area contributed by atoms with Gasteiger partial charge in [-0.15, -0.1) is 0 Å². The Kier molecular flexibility index (Phi) is 10.6. The van der Waals surface area contributed by atoms with Gasteiger partial charge < -0.3 is 13.7 Å². The van der Waals surface area contributed by atoms with Gasteiger partial charge in [0.15, 0.2) is 5.79 Å². The summed E-state index contributed by atoms with van der Waals surface area (Å²) in [4.78, 5) is 10.9. The Labute approximate surface area is 170 Å². The van der Waals surface area contributed by atoms with Crippen LogP contribution in [0.1, 0.15) is 78.1 Å². The minimum Gasteiger partial charge on any atom is -0.381 e. The maximum Gasteiger partial charge on any atom is 0.534 e. The molecule has 1 aliphatic carbocycles. The number of hydrogen-bond donors (Lipinski definition) is 0. The molecule has 2 fully saturated rings. The zero-order valence-corrected chi connectivity index (χ0v) is 17.9. The van der Waals surface area contributed by atoms with Crippen molar-refractivity contribution in [2.24, 2.45) is 0 Å². The van der Waals surface area contributed by atoms with Crippen LogP contribution in [0.25, 0.3) is 0 Å². The van der Waals surface area contributed by atoms with Crippen molar-refractivity contribution in [1.82, 2.24) is 0 Å². The lowest BCUT2D eigenvalue weighted by molar-refractivity contribution is -0.179. The zero-order chi connectivity index (χ0) is 22.0. The van der Waals surface area contributed by atoms with Crippen molar-refractivity contribution in [3.8, 4) is 0 Å². The minimum atomic E-state index is -5.52. The Morgan fingerprint density at radius 2 is 1.69 bits per heavy atom. The fraction of sp³-hybridized carbons (Fsp3) is 0.842. The third-order valence-electron chi connectivity index (χ3n) is 4.66. The fourth-order valence-electron chi connectivity index (χ4n) is 2.96. The van der Waals surface area contributed by atoms with E-state index in [1.165, 1.54) is 6.08 Å². The summed E-state index contributed by atoms with van der Waals surface area (Å²) in [7, 11) is -5.52. The van der Waals surface area contributed by atoms with E-state index in [9.17, 15) is 26.4 Å². The normalized spacial score (nSPS) is 19.8. The van der Waals surface area contributed by atoms with Gasteiger partial charge in [-0.1, -0.05) is 33.1 Å². The van der Waals surface area contributed by atoms with Crippen LogP contribution in [0.4, 0.5) is 13.2 Å². The molecule has 1 saturated heterocycles. The maximum atomic E-state index is 12.1. The number of ketones is 1. The smallest absolute Gasteiger partial charge is 0.381 e. The molecule has 6 nitrogen and oxygen atoms in total. The zero-order valence-electron chi connectivity index (χ0n) is 17.1. The molecule has 29 heavy (non-hydrogen) atoms. The molecule has 0 aromatic carbocycles. The molecule has 1 spiro atoms. The summed E-state index contributed by atoms with van der Waals surface area (Å²) in [5, 5.41) is 0. The van der Waals surface area contributed by atoms with Crippen molar-refractivity contribution in [2.45, 2.75) is 89.4 Å². The predicted molar refractivity (Wildman–Crippen MR) is 101 cm³/mol. The lowest BCUT2D eigenvalue weighted by atomic mass is 9.93. The predicted octanol–water partition coefficient (Wildman–Crippen LogP) is 4.99. The van der Waals surface area contributed by atoms with E-state index in [1.807, 2.05) is 6.92 Å². The Morgan fingerprint density at radius 1 is 1.10 bits per heavy atom. The first kappa shape index (κ1) is 25.9. The topological polar surface area (TPSA) is 78.9 Å². The molecule has 0 radical (unpaired) electrons. The molecule has 0 aromatic rings. The molecular formula is C19H31F3O6S. The van der Waals surface area contributed by atoms with Gasteiger partial charge in [-0.2, -0.15) is 21.6 Å². The first-order valence-electron chi connectivity index (χ1n) is 10.0. The van der Waals surface area contributed by atoms with Crippen LogP contribution < -0.4 is 0 Å². The van der Waals surface area contributed by atoms with E-state index < -0.39 is 15.6 Å². The van der Waals surface area contributed by atoms with Crippen molar-refractivity contribution < 1.29 is 40.0 Å². The molecule has 1 saturated carbocycles. The van der Waals surface area contributed by atoms with Gasteiger partial charge in [0.1, 0.15) is 11.5 Å². The van der Waals surface area contributed by atoms with Crippen LogP contribution in [0, 0.1) is 0 Å². The summed E-state index contributed by atoms with van der Waals surface area (Å²) in [6.07, 6.45) is 8.71. The first-order chi connectivity index (χ1) is 13.6. The summed E-state index contributed by atoms with van der Waals surface area (Å²) in [6.45, 7) is 4.97. The number of unbranched alkanes of at least 4 members (excludes halogenated alkanes) is 4.